The summed E-state index contributed by atoms with van der Waals surface area (Å²) >= 11 is 1.50. The fourth-order valence-electron chi connectivity index (χ4n) is 1.64. The zero-order valence-electron chi connectivity index (χ0n) is 10.7. The number of thioether (sulfide) groups is 1. The number of aromatic nitrogens is 1. The van der Waals surface area contributed by atoms with Crippen LogP contribution in [-0.2, 0) is 0 Å². The molecule has 0 atom stereocenters. The topological polar surface area (TPSA) is 42.0 Å². The molecule has 94 valence electrons. The molecule has 1 amide bonds. The summed E-state index contributed by atoms with van der Waals surface area (Å²) in [6.07, 6.45) is 5.84. The van der Waals surface area contributed by atoms with Crippen LogP contribution >= 0.6 is 11.8 Å². The third-order valence-electron chi connectivity index (χ3n) is 2.92. The van der Waals surface area contributed by atoms with Crippen LogP contribution in [0, 0.1) is 5.92 Å². The van der Waals surface area contributed by atoms with Gasteiger partial charge in [0.2, 0.25) is 0 Å². The first-order chi connectivity index (χ1) is 8.22. The molecule has 1 heterocycles. The van der Waals surface area contributed by atoms with Gasteiger partial charge in [0.1, 0.15) is 5.03 Å². The van der Waals surface area contributed by atoms with Gasteiger partial charge in [0.15, 0.2) is 0 Å². The molecule has 0 aromatic carbocycles. The number of amides is 1. The molecular weight excluding hydrogens is 232 g/mol. The summed E-state index contributed by atoms with van der Waals surface area (Å²) in [5.74, 6) is 0.544. The number of hydrogen-bond donors (Lipinski definition) is 1. The predicted octanol–water partition coefficient (Wildman–Crippen LogP) is 2.97. The maximum Gasteiger partial charge on any atom is 0.254 e. The zero-order chi connectivity index (χ0) is 12.7. The van der Waals surface area contributed by atoms with E-state index in [1.165, 1.54) is 11.8 Å². The Hall–Kier alpha value is -1.03. The molecule has 1 aromatic heterocycles. The van der Waals surface area contributed by atoms with Crippen LogP contribution in [0.15, 0.2) is 23.4 Å². The maximum atomic E-state index is 12.0. The second-order valence-electron chi connectivity index (χ2n) is 3.95. The lowest BCUT2D eigenvalue weighted by molar-refractivity contribution is 0.0943. The third kappa shape index (κ3) is 4.04. The Morgan fingerprint density at radius 3 is 2.76 bits per heavy atom. The summed E-state index contributed by atoms with van der Waals surface area (Å²) in [6.45, 7) is 5.05. The lowest BCUT2D eigenvalue weighted by Crippen LogP contribution is -2.29. The van der Waals surface area contributed by atoms with Crippen LogP contribution in [0.3, 0.4) is 0 Å². The average molecular weight is 252 g/mol. The van der Waals surface area contributed by atoms with E-state index >= 15 is 0 Å². The Bertz CT molecular complexity index is 364. The first kappa shape index (κ1) is 14.0. The smallest absolute Gasteiger partial charge is 0.254 e. The van der Waals surface area contributed by atoms with E-state index in [0.717, 1.165) is 24.4 Å². The maximum absolute atomic E-state index is 12.0. The quantitative estimate of drug-likeness (QED) is 0.791. The number of hydrogen-bond acceptors (Lipinski definition) is 3. The van der Waals surface area contributed by atoms with Gasteiger partial charge in [0.05, 0.1) is 5.56 Å². The first-order valence-electron chi connectivity index (χ1n) is 6.00. The number of pyridine rings is 1. The average Bonchev–Trinajstić information content (AvgIpc) is 2.39. The van der Waals surface area contributed by atoms with Crippen molar-refractivity contribution in [3.05, 3.63) is 23.9 Å². The molecule has 1 N–H and O–H groups in total. The summed E-state index contributed by atoms with van der Waals surface area (Å²) in [4.78, 5) is 16.2. The van der Waals surface area contributed by atoms with Crippen molar-refractivity contribution in [1.82, 2.24) is 10.3 Å². The molecule has 0 unspecified atom stereocenters. The lowest BCUT2D eigenvalue weighted by atomic mass is 10.0. The van der Waals surface area contributed by atoms with Crippen molar-refractivity contribution in [3.8, 4) is 0 Å². The molecule has 0 saturated heterocycles. The Morgan fingerprint density at radius 2 is 2.18 bits per heavy atom. The van der Waals surface area contributed by atoms with Gasteiger partial charge in [-0.3, -0.25) is 4.79 Å². The molecule has 0 spiro atoms. The minimum absolute atomic E-state index is 0.0191. The van der Waals surface area contributed by atoms with E-state index in [4.69, 9.17) is 0 Å². The monoisotopic (exact) mass is 252 g/mol. The third-order valence-corrected chi connectivity index (χ3v) is 3.63. The molecule has 0 aliphatic rings. The minimum Gasteiger partial charge on any atom is -0.352 e. The largest absolute Gasteiger partial charge is 0.352 e. The van der Waals surface area contributed by atoms with Crippen LogP contribution in [-0.4, -0.2) is 23.7 Å². The highest BCUT2D eigenvalue weighted by molar-refractivity contribution is 7.98. The molecule has 1 aromatic rings. The van der Waals surface area contributed by atoms with Gasteiger partial charge in [0, 0.05) is 12.7 Å². The second-order valence-corrected chi connectivity index (χ2v) is 4.75. The first-order valence-corrected chi connectivity index (χ1v) is 7.22. The lowest BCUT2D eigenvalue weighted by Gasteiger charge is -2.13. The number of nitrogens with one attached hydrogen (secondary N) is 1. The Morgan fingerprint density at radius 1 is 1.47 bits per heavy atom. The van der Waals surface area contributed by atoms with Crippen molar-refractivity contribution in [3.63, 3.8) is 0 Å². The molecule has 0 radical (unpaired) electrons. The predicted molar refractivity (Wildman–Crippen MR) is 72.4 cm³/mol. The van der Waals surface area contributed by atoms with Gasteiger partial charge in [-0.15, -0.1) is 11.8 Å². The van der Waals surface area contributed by atoms with Gasteiger partial charge in [0.25, 0.3) is 5.91 Å². The molecule has 0 aliphatic carbocycles. The van der Waals surface area contributed by atoms with E-state index < -0.39 is 0 Å². The number of carbonyl (C=O) groups excluding carboxylic acids is 1. The fourth-order valence-corrected chi connectivity index (χ4v) is 2.18. The van der Waals surface area contributed by atoms with E-state index in [-0.39, 0.29) is 5.91 Å². The Labute approximate surface area is 107 Å². The molecule has 17 heavy (non-hydrogen) atoms. The van der Waals surface area contributed by atoms with Gasteiger partial charge in [-0.25, -0.2) is 4.98 Å². The summed E-state index contributed by atoms with van der Waals surface area (Å²) in [5.41, 5.74) is 0.672. The molecule has 0 bridgehead atoms. The Kier molecular flexibility index (Phi) is 6.05. The van der Waals surface area contributed by atoms with Crippen molar-refractivity contribution < 1.29 is 4.79 Å². The van der Waals surface area contributed by atoms with Gasteiger partial charge >= 0.3 is 0 Å². The minimum atomic E-state index is -0.0191. The van der Waals surface area contributed by atoms with Gasteiger partial charge < -0.3 is 5.32 Å². The molecule has 3 nitrogen and oxygen atoms in total. The SMILES string of the molecule is CCC(CC)CNC(=O)c1cccnc1SC. The van der Waals surface area contributed by atoms with Crippen molar-refractivity contribution in [2.45, 2.75) is 31.7 Å². The van der Waals surface area contributed by atoms with Crippen LogP contribution in [0.5, 0.6) is 0 Å². The van der Waals surface area contributed by atoms with Crippen LogP contribution < -0.4 is 5.32 Å². The van der Waals surface area contributed by atoms with Crippen LogP contribution in [0.2, 0.25) is 0 Å². The van der Waals surface area contributed by atoms with Crippen molar-refractivity contribution in [2.24, 2.45) is 5.92 Å². The van der Waals surface area contributed by atoms with Crippen molar-refractivity contribution in [2.75, 3.05) is 12.8 Å². The van der Waals surface area contributed by atoms with Crippen molar-refractivity contribution >= 4 is 17.7 Å². The molecular formula is C13H20N2OS. The molecule has 0 fully saturated rings. The molecule has 4 heteroatoms. The number of carbonyl (C=O) groups is 1. The molecule has 0 aliphatic heterocycles. The van der Waals surface area contributed by atoms with Crippen LogP contribution in [0.1, 0.15) is 37.0 Å². The normalized spacial score (nSPS) is 10.6. The van der Waals surface area contributed by atoms with E-state index in [1.54, 1.807) is 12.3 Å². The fraction of sp³-hybridized carbons (Fsp3) is 0.538. The summed E-state index contributed by atoms with van der Waals surface area (Å²) in [7, 11) is 0. The summed E-state index contributed by atoms with van der Waals surface area (Å²) < 4.78 is 0. The highest BCUT2D eigenvalue weighted by Crippen LogP contribution is 2.16. The van der Waals surface area contributed by atoms with Crippen LogP contribution in [0.4, 0.5) is 0 Å². The van der Waals surface area contributed by atoms with E-state index in [9.17, 15) is 4.79 Å². The van der Waals surface area contributed by atoms with E-state index in [1.807, 2.05) is 12.3 Å². The highest BCUT2D eigenvalue weighted by atomic mass is 32.2. The van der Waals surface area contributed by atoms with E-state index in [0.29, 0.717) is 11.5 Å². The van der Waals surface area contributed by atoms with Crippen LogP contribution in [0.25, 0.3) is 0 Å². The second kappa shape index (κ2) is 7.33. The zero-order valence-corrected chi connectivity index (χ0v) is 11.5. The molecule has 0 saturated carbocycles. The summed E-state index contributed by atoms with van der Waals surface area (Å²) in [6, 6.07) is 3.62. The highest BCUT2D eigenvalue weighted by Gasteiger charge is 2.12. The standard InChI is InChI=1S/C13H20N2OS/c1-4-10(5-2)9-15-12(16)11-7-6-8-14-13(11)17-3/h6-8,10H,4-5,9H2,1-3H3,(H,15,16). The Balaban J connectivity index is 2.63. The number of rotatable bonds is 6. The van der Waals surface area contributed by atoms with Gasteiger partial charge in [-0.1, -0.05) is 26.7 Å². The van der Waals surface area contributed by atoms with Gasteiger partial charge in [-0.2, -0.15) is 0 Å². The van der Waals surface area contributed by atoms with Gasteiger partial charge in [-0.05, 0) is 24.3 Å². The van der Waals surface area contributed by atoms with E-state index in [2.05, 4.69) is 24.1 Å². The van der Waals surface area contributed by atoms with Crippen molar-refractivity contribution in [1.29, 1.82) is 0 Å². The summed E-state index contributed by atoms with van der Waals surface area (Å²) in [5, 5.41) is 3.77. The number of nitrogens with zero attached hydrogens (tertiary/aromatic N) is 1. The molecule has 1 rings (SSSR count).